The van der Waals surface area contributed by atoms with Gasteiger partial charge in [-0.05, 0) is 23.3 Å². The third-order valence-electron chi connectivity index (χ3n) is 2.63. The zero-order chi connectivity index (χ0) is 13.0. The van der Waals surface area contributed by atoms with Gasteiger partial charge in [-0.25, -0.2) is 4.39 Å². The molecular weight excluding hydrogens is 253 g/mol. The number of halogens is 2. The van der Waals surface area contributed by atoms with Gasteiger partial charge >= 0.3 is 0 Å². The molecule has 18 heavy (non-hydrogen) atoms. The molecule has 0 aliphatic rings. The summed E-state index contributed by atoms with van der Waals surface area (Å²) < 4.78 is 18.9. The Labute approximate surface area is 110 Å². The number of hydrogen-bond acceptors (Lipinski definition) is 2. The van der Waals surface area contributed by atoms with Crippen molar-refractivity contribution < 1.29 is 9.13 Å². The molecule has 0 heterocycles. The van der Waals surface area contributed by atoms with Crippen LogP contribution in [0.5, 0.6) is 5.75 Å². The second kappa shape index (κ2) is 5.85. The second-order valence-electron chi connectivity index (χ2n) is 3.81. The minimum atomic E-state index is -0.465. The fourth-order valence-corrected chi connectivity index (χ4v) is 1.89. The highest BCUT2D eigenvalue weighted by atomic mass is 35.5. The molecule has 0 radical (unpaired) electrons. The summed E-state index contributed by atoms with van der Waals surface area (Å²) in [4.78, 5) is 0. The summed E-state index contributed by atoms with van der Waals surface area (Å²) in [5.41, 5.74) is 7.53. The summed E-state index contributed by atoms with van der Waals surface area (Å²) in [5.74, 6) is -0.390. The Bertz CT molecular complexity index is 525. The van der Waals surface area contributed by atoms with Crippen molar-refractivity contribution in [2.75, 3.05) is 0 Å². The highest BCUT2D eigenvalue weighted by Gasteiger charge is 2.09. The number of ether oxygens (including phenoxy) is 1. The number of rotatable bonds is 4. The topological polar surface area (TPSA) is 35.2 Å². The van der Waals surface area contributed by atoms with Crippen LogP contribution in [-0.4, -0.2) is 0 Å². The molecule has 0 aromatic heterocycles. The molecule has 0 bridgehead atoms. The van der Waals surface area contributed by atoms with Gasteiger partial charge in [0.1, 0.15) is 6.61 Å². The number of benzene rings is 2. The van der Waals surface area contributed by atoms with Crippen molar-refractivity contribution in [3.63, 3.8) is 0 Å². The maximum absolute atomic E-state index is 13.5. The minimum Gasteiger partial charge on any atom is -0.484 e. The van der Waals surface area contributed by atoms with Crippen LogP contribution in [0.15, 0.2) is 42.5 Å². The first-order valence-electron chi connectivity index (χ1n) is 5.56. The molecule has 2 aromatic carbocycles. The van der Waals surface area contributed by atoms with E-state index in [1.165, 1.54) is 6.07 Å². The van der Waals surface area contributed by atoms with E-state index in [0.29, 0.717) is 6.54 Å². The molecule has 0 atom stereocenters. The lowest BCUT2D eigenvalue weighted by Crippen LogP contribution is -2.05. The maximum atomic E-state index is 13.5. The first kappa shape index (κ1) is 12.9. The van der Waals surface area contributed by atoms with Crippen LogP contribution in [0.25, 0.3) is 0 Å². The molecule has 2 nitrogen and oxygen atoms in total. The first-order valence-corrected chi connectivity index (χ1v) is 5.94. The Morgan fingerprint density at radius 1 is 1.06 bits per heavy atom. The van der Waals surface area contributed by atoms with Crippen LogP contribution in [0.4, 0.5) is 4.39 Å². The van der Waals surface area contributed by atoms with Gasteiger partial charge in [-0.1, -0.05) is 41.9 Å². The summed E-state index contributed by atoms with van der Waals surface area (Å²) >= 11 is 5.88. The van der Waals surface area contributed by atoms with E-state index in [9.17, 15) is 4.39 Å². The molecule has 0 saturated carbocycles. The van der Waals surface area contributed by atoms with Crippen molar-refractivity contribution >= 4 is 11.6 Å². The zero-order valence-electron chi connectivity index (χ0n) is 9.70. The SMILES string of the molecule is NCc1ccccc1COc1c(F)cccc1Cl. The molecule has 0 saturated heterocycles. The molecular formula is C14H13ClFNO. The predicted octanol–water partition coefficient (Wildman–Crippen LogP) is 3.52. The summed E-state index contributed by atoms with van der Waals surface area (Å²) in [7, 11) is 0. The summed E-state index contributed by atoms with van der Waals surface area (Å²) in [6.07, 6.45) is 0. The van der Waals surface area contributed by atoms with Crippen LogP contribution in [0.2, 0.25) is 5.02 Å². The molecule has 2 N–H and O–H groups in total. The fourth-order valence-electron chi connectivity index (χ4n) is 1.67. The highest BCUT2D eigenvalue weighted by molar-refractivity contribution is 6.32. The number of nitrogens with two attached hydrogens (primary N) is 1. The standard InChI is InChI=1S/C14H13ClFNO/c15-12-6-3-7-13(16)14(12)18-9-11-5-2-1-4-10(11)8-17/h1-7H,8-9,17H2. The molecule has 2 aromatic rings. The van der Waals surface area contributed by atoms with Crippen molar-refractivity contribution in [3.8, 4) is 5.75 Å². The number of hydrogen-bond donors (Lipinski definition) is 1. The van der Waals surface area contributed by atoms with Crippen LogP contribution in [0.1, 0.15) is 11.1 Å². The van der Waals surface area contributed by atoms with E-state index in [-0.39, 0.29) is 17.4 Å². The van der Waals surface area contributed by atoms with Gasteiger partial charge < -0.3 is 10.5 Å². The van der Waals surface area contributed by atoms with Crippen LogP contribution in [0, 0.1) is 5.82 Å². The lowest BCUT2D eigenvalue weighted by atomic mass is 10.1. The van der Waals surface area contributed by atoms with Crippen LogP contribution >= 0.6 is 11.6 Å². The van der Waals surface area contributed by atoms with E-state index >= 15 is 0 Å². The van der Waals surface area contributed by atoms with Gasteiger partial charge in [-0.15, -0.1) is 0 Å². The van der Waals surface area contributed by atoms with Crippen molar-refractivity contribution in [1.82, 2.24) is 0 Å². The molecule has 0 unspecified atom stereocenters. The van der Waals surface area contributed by atoms with Crippen LogP contribution < -0.4 is 10.5 Å². The second-order valence-corrected chi connectivity index (χ2v) is 4.22. The van der Waals surface area contributed by atoms with E-state index < -0.39 is 5.82 Å². The van der Waals surface area contributed by atoms with Crippen molar-refractivity contribution in [2.45, 2.75) is 13.2 Å². The molecule has 0 spiro atoms. The quantitative estimate of drug-likeness (QED) is 0.918. The zero-order valence-corrected chi connectivity index (χ0v) is 10.5. The van der Waals surface area contributed by atoms with Gasteiger partial charge in [0.15, 0.2) is 11.6 Å². The Morgan fingerprint density at radius 3 is 2.44 bits per heavy atom. The average molecular weight is 266 g/mol. The molecule has 0 aliphatic carbocycles. The molecule has 0 amide bonds. The first-order chi connectivity index (χ1) is 8.72. The Balaban J connectivity index is 2.16. The molecule has 0 aliphatic heterocycles. The van der Waals surface area contributed by atoms with Gasteiger partial charge in [0.05, 0.1) is 5.02 Å². The van der Waals surface area contributed by atoms with Gasteiger partial charge in [0.2, 0.25) is 0 Å². The fraction of sp³-hybridized carbons (Fsp3) is 0.143. The van der Waals surface area contributed by atoms with Gasteiger partial charge in [-0.3, -0.25) is 0 Å². The molecule has 2 rings (SSSR count). The van der Waals surface area contributed by atoms with E-state index in [1.54, 1.807) is 12.1 Å². The average Bonchev–Trinajstić information content (AvgIpc) is 2.38. The lowest BCUT2D eigenvalue weighted by molar-refractivity contribution is 0.289. The monoisotopic (exact) mass is 265 g/mol. The maximum Gasteiger partial charge on any atom is 0.174 e. The minimum absolute atomic E-state index is 0.0750. The largest absolute Gasteiger partial charge is 0.484 e. The van der Waals surface area contributed by atoms with Gasteiger partial charge in [0.25, 0.3) is 0 Å². The summed E-state index contributed by atoms with van der Waals surface area (Å²) in [6.45, 7) is 0.665. The molecule has 0 fully saturated rings. The third-order valence-corrected chi connectivity index (χ3v) is 2.93. The highest BCUT2D eigenvalue weighted by Crippen LogP contribution is 2.28. The predicted molar refractivity (Wildman–Crippen MR) is 70.1 cm³/mol. The Hall–Kier alpha value is -1.58. The Morgan fingerprint density at radius 2 is 1.78 bits per heavy atom. The Kier molecular flexibility index (Phi) is 4.18. The van der Waals surface area contributed by atoms with E-state index in [1.807, 2.05) is 24.3 Å². The summed E-state index contributed by atoms with van der Waals surface area (Å²) in [5, 5.41) is 0.264. The van der Waals surface area contributed by atoms with E-state index in [2.05, 4.69) is 0 Å². The van der Waals surface area contributed by atoms with Crippen LogP contribution in [0.3, 0.4) is 0 Å². The van der Waals surface area contributed by atoms with Crippen molar-refractivity contribution in [2.24, 2.45) is 5.73 Å². The van der Waals surface area contributed by atoms with Gasteiger partial charge in [-0.2, -0.15) is 0 Å². The lowest BCUT2D eigenvalue weighted by Gasteiger charge is -2.11. The van der Waals surface area contributed by atoms with Gasteiger partial charge in [0, 0.05) is 6.54 Å². The summed E-state index contributed by atoms with van der Waals surface area (Å²) in [6, 6.07) is 12.1. The van der Waals surface area contributed by atoms with E-state index in [0.717, 1.165) is 11.1 Å². The molecule has 94 valence electrons. The number of para-hydroxylation sites is 1. The van der Waals surface area contributed by atoms with Crippen LogP contribution in [-0.2, 0) is 13.2 Å². The smallest absolute Gasteiger partial charge is 0.174 e. The van der Waals surface area contributed by atoms with E-state index in [4.69, 9.17) is 22.1 Å². The molecule has 4 heteroatoms. The third kappa shape index (κ3) is 2.81. The normalized spacial score (nSPS) is 10.4. The van der Waals surface area contributed by atoms with Crippen molar-refractivity contribution in [3.05, 3.63) is 64.4 Å². The van der Waals surface area contributed by atoms with Crippen molar-refractivity contribution in [1.29, 1.82) is 0 Å².